The van der Waals surface area contributed by atoms with Crippen molar-refractivity contribution in [3.63, 3.8) is 0 Å². The summed E-state index contributed by atoms with van der Waals surface area (Å²) in [5.41, 5.74) is 3.29. The summed E-state index contributed by atoms with van der Waals surface area (Å²) >= 11 is 0. The number of aliphatic imine (C=N–C) groups is 1. The molecule has 1 amide bonds. The Kier molecular flexibility index (Phi) is 6.19. The van der Waals surface area contributed by atoms with Gasteiger partial charge < -0.3 is 15.5 Å². The van der Waals surface area contributed by atoms with E-state index >= 15 is 0 Å². The fourth-order valence-corrected chi connectivity index (χ4v) is 3.01. The molecule has 0 aliphatic carbocycles. The molecule has 0 saturated carbocycles. The van der Waals surface area contributed by atoms with E-state index < -0.39 is 0 Å². The number of guanidine groups is 1. The molecule has 0 unspecified atom stereocenters. The highest BCUT2D eigenvalue weighted by molar-refractivity contribution is 5.79. The minimum Gasteiger partial charge on any atom is -0.352 e. The fraction of sp³-hybridized carbons (Fsp3) is 0.350. The topological polar surface area (TPSA) is 69.6 Å². The van der Waals surface area contributed by atoms with Crippen molar-refractivity contribution in [3.05, 3.63) is 65.5 Å². The number of hydrogen-bond acceptors (Lipinski definition) is 3. The highest BCUT2D eigenvalue weighted by Gasteiger charge is 2.19. The molecular formula is C20H25N5O. The van der Waals surface area contributed by atoms with Gasteiger partial charge in [0.05, 0.1) is 12.2 Å². The summed E-state index contributed by atoms with van der Waals surface area (Å²) in [6, 6.07) is 14.2. The Labute approximate surface area is 154 Å². The lowest BCUT2D eigenvalue weighted by Crippen LogP contribution is -2.36. The number of likely N-dealkylation sites (tertiary alicyclic amines) is 1. The molecule has 0 spiro atoms. The molecule has 2 heterocycles. The van der Waals surface area contributed by atoms with Gasteiger partial charge in [-0.1, -0.05) is 30.3 Å². The molecule has 6 heteroatoms. The molecule has 1 saturated heterocycles. The lowest BCUT2D eigenvalue weighted by Gasteiger charge is -2.16. The van der Waals surface area contributed by atoms with Crippen molar-refractivity contribution in [1.29, 1.82) is 0 Å². The van der Waals surface area contributed by atoms with Crippen molar-refractivity contribution < 1.29 is 4.79 Å². The van der Waals surface area contributed by atoms with Gasteiger partial charge in [0, 0.05) is 39.3 Å². The van der Waals surface area contributed by atoms with Crippen molar-refractivity contribution in [2.45, 2.75) is 32.5 Å². The van der Waals surface area contributed by atoms with Crippen LogP contribution in [0.4, 0.5) is 0 Å². The molecule has 2 aromatic rings. The Morgan fingerprint density at radius 3 is 2.73 bits per heavy atom. The number of carbonyl (C=O) groups excluding carboxylic acids is 1. The van der Waals surface area contributed by atoms with Crippen molar-refractivity contribution in [2.75, 3.05) is 13.6 Å². The average Bonchev–Trinajstić information content (AvgIpc) is 3.08. The van der Waals surface area contributed by atoms with Crippen LogP contribution in [0.5, 0.6) is 0 Å². The number of nitrogens with zero attached hydrogens (tertiary/aromatic N) is 3. The Morgan fingerprint density at radius 1 is 1.15 bits per heavy atom. The van der Waals surface area contributed by atoms with E-state index in [1.54, 1.807) is 13.2 Å². The summed E-state index contributed by atoms with van der Waals surface area (Å²) in [5.74, 6) is 0.989. The van der Waals surface area contributed by atoms with E-state index in [9.17, 15) is 4.79 Å². The number of amides is 1. The molecule has 26 heavy (non-hydrogen) atoms. The number of aromatic nitrogens is 1. The summed E-state index contributed by atoms with van der Waals surface area (Å²) in [6.45, 7) is 2.85. The highest BCUT2D eigenvalue weighted by atomic mass is 16.2. The van der Waals surface area contributed by atoms with Crippen LogP contribution in [0.25, 0.3) is 0 Å². The number of benzene rings is 1. The standard InChI is InChI=1S/C20H25N5O/c1-21-20(24-14-18-8-2-3-10-22-18)23-13-16-6-4-7-17(12-16)15-25-11-5-9-19(25)26/h2-4,6-8,10,12H,5,9,11,13-15H2,1H3,(H2,21,23,24). The zero-order valence-electron chi connectivity index (χ0n) is 15.1. The molecule has 0 atom stereocenters. The minimum atomic E-state index is 0.257. The van der Waals surface area contributed by atoms with Gasteiger partial charge in [-0.25, -0.2) is 0 Å². The number of hydrogen-bond donors (Lipinski definition) is 2. The zero-order chi connectivity index (χ0) is 18.2. The molecule has 1 aliphatic rings. The first-order valence-electron chi connectivity index (χ1n) is 8.94. The van der Waals surface area contributed by atoms with Crippen LogP contribution in [0.3, 0.4) is 0 Å². The molecule has 6 nitrogen and oxygen atoms in total. The fourth-order valence-electron chi connectivity index (χ4n) is 3.01. The SMILES string of the molecule is CN=C(NCc1cccc(CN2CCCC2=O)c1)NCc1ccccn1. The summed E-state index contributed by atoms with van der Waals surface area (Å²) in [6.07, 6.45) is 3.43. The van der Waals surface area contributed by atoms with Gasteiger partial charge in [-0.05, 0) is 29.7 Å². The molecular weight excluding hydrogens is 326 g/mol. The van der Waals surface area contributed by atoms with Gasteiger partial charge in [-0.15, -0.1) is 0 Å². The first-order valence-corrected chi connectivity index (χ1v) is 8.94. The van der Waals surface area contributed by atoms with Crippen molar-refractivity contribution in [1.82, 2.24) is 20.5 Å². The van der Waals surface area contributed by atoms with Crippen molar-refractivity contribution >= 4 is 11.9 Å². The smallest absolute Gasteiger partial charge is 0.222 e. The third kappa shape index (κ3) is 5.05. The van der Waals surface area contributed by atoms with Gasteiger partial charge in [0.1, 0.15) is 0 Å². The predicted molar refractivity (Wildman–Crippen MR) is 102 cm³/mol. The quantitative estimate of drug-likeness (QED) is 0.617. The van der Waals surface area contributed by atoms with E-state index in [1.165, 1.54) is 0 Å². The number of nitrogens with one attached hydrogen (secondary N) is 2. The number of rotatable bonds is 6. The van der Waals surface area contributed by atoms with Crippen molar-refractivity contribution in [2.24, 2.45) is 4.99 Å². The van der Waals surface area contributed by atoms with Crippen LogP contribution in [0, 0.1) is 0 Å². The first-order chi connectivity index (χ1) is 12.7. The minimum absolute atomic E-state index is 0.257. The molecule has 0 bridgehead atoms. The van der Waals surface area contributed by atoms with Crippen LogP contribution < -0.4 is 10.6 Å². The Balaban J connectivity index is 1.51. The van der Waals surface area contributed by atoms with Crippen LogP contribution in [-0.4, -0.2) is 35.3 Å². The van der Waals surface area contributed by atoms with Gasteiger partial charge in [-0.3, -0.25) is 14.8 Å². The average molecular weight is 351 g/mol. The van der Waals surface area contributed by atoms with E-state index in [2.05, 4.69) is 38.8 Å². The Hall–Kier alpha value is -2.89. The first kappa shape index (κ1) is 17.9. The third-order valence-corrected chi connectivity index (χ3v) is 4.38. The van der Waals surface area contributed by atoms with Crippen LogP contribution in [0.1, 0.15) is 29.7 Å². The van der Waals surface area contributed by atoms with E-state index in [0.29, 0.717) is 26.1 Å². The van der Waals surface area contributed by atoms with Gasteiger partial charge in [0.15, 0.2) is 5.96 Å². The summed E-state index contributed by atoms with van der Waals surface area (Å²) in [4.78, 5) is 22.3. The molecule has 1 aromatic carbocycles. The van der Waals surface area contributed by atoms with E-state index in [1.807, 2.05) is 29.2 Å². The molecule has 136 valence electrons. The number of carbonyl (C=O) groups is 1. The molecule has 3 rings (SSSR count). The number of pyridine rings is 1. The molecule has 1 aromatic heterocycles. The second-order valence-corrected chi connectivity index (χ2v) is 6.34. The Morgan fingerprint density at radius 2 is 2.00 bits per heavy atom. The molecule has 2 N–H and O–H groups in total. The predicted octanol–water partition coefficient (Wildman–Crippen LogP) is 2.07. The monoisotopic (exact) mass is 351 g/mol. The second-order valence-electron chi connectivity index (χ2n) is 6.34. The van der Waals surface area contributed by atoms with Crippen LogP contribution in [0.2, 0.25) is 0 Å². The maximum absolute atomic E-state index is 11.8. The normalized spacial score (nSPS) is 14.6. The van der Waals surface area contributed by atoms with E-state index in [4.69, 9.17) is 0 Å². The van der Waals surface area contributed by atoms with Gasteiger partial charge in [0.25, 0.3) is 0 Å². The van der Waals surface area contributed by atoms with Gasteiger partial charge in [0.2, 0.25) is 5.91 Å². The van der Waals surface area contributed by atoms with Crippen LogP contribution in [-0.2, 0) is 24.4 Å². The molecule has 0 radical (unpaired) electrons. The van der Waals surface area contributed by atoms with E-state index in [0.717, 1.165) is 35.7 Å². The van der Waals surface area contributed by atoms with Crippen LogP contribution >= 0.6 is 0 Å². The second kappa shape index (κ2) is 8.99. The largest absolute Gasteiger partial charge is 0.352 e. The maximum atomic E-state index is 11.8. The lowest BCUT2D eigenvalue weighted by molar-refractivity contribution is -0.128. The molecule has 1 fully saturated rings. The summed E-state index contributed by atoms with van der Waals surface area (Å²) < 4.78 is 0. The summed E-state index contributed by atoms with van der Waals surface area (Å²) in [5, 5.41) is 6.57. The Bertz CT molecular complexity index is 760. The maximum Gasteiger partial charge on any atom is 0.222 e. The van der Waals surface area contributed by atoms with E-state index in [-0.39, 0.29) is 5.91 Å². The molecule has 1 aliphatic heterocycles. The lowest BCUT2D eigenvalue weighted by atomic mass is 10.1. The highest BCUT2D eigenvalue weighted by Crippen LogP contribution is 2.15. The third-order valence-electron chi connectivity index (χ3n) is 4.38. The van der Waals surface area contributed by atoms with Crippen molar-refractivity contribution in [3.8, 4) is 0 Å². The van der Waals surface area contributed by atoms with Crippen LogP contribution in [0.15, 0.2) is 53.7 Å². The summed E-state index contributed by atoms with van der Waals surface area (Å²) in [7, 11) is 1.75. The van der Waals surface area contributed by atoms with Gasteiger partial charge >= 0.3 is 0 Å². The van der Waals surface area contributed by atoms with Gasteiger partial charge in [-0.2, -0.15) is 0 Å². The zero-order valence-corrected chi connectivity index (χ0v) is 15.1.